The van der Waals surface area contributed by atoms with Crippen LogP contribution in [-0.4, -0.2) is 66.8 Å². The summed E-state index contributed by atoms with van der Waals surface area (Å²) in [7, 11) is 2.15. The zero-order valence-corrected chi connectivity index (χ0v) is 21.9. The first-order chi connectivity index (χ1) is 18.1. The van der Waals surface area contributed by atoms with Crippen LogP contribution in [0.4, 0.5) is 11.5 Å². The van der Waals surface area contributed by atoms with Crippen LogP contribution in [-0.2, 0) is 13.1 Å². The number of rotatable bonds is 6. The Balaban J connectivity index is 1.34. The maximum atomic E-state index is 9.26. The van der Waals surface area contributed by atoms with Crippen LogP contribution in [0.1, 0.15) is 30.5 Å². The van der Waals surface area contributed by atoms with Crippen LogP contribution in [0.15, 0.2) is 36.4 Å². The van der Waals surface area contributed by atoms with E-state index in [1.165, 1.54) is 6.42 Å². The number of likely N-dealkylation sites (tertiary alicyclic amines) is 1. The molecule has 2 aromatic carbocycles. The minimum absolute atomic E-state index is 0.121. The zero-order valence-electron chi connectivity index (χ0n) is 21.2. The zero-order chi connectivity index (χ0) is 25.4. The third kappa shape index (κ3) is 4.79. The second-order valence-corrected chi connectivity index (χ2v) is 10.7. The van der Waals surface area contributed by atoms with E-state index < -0.39 is 0 Å². The van der Waals surface area contributed by atoms with Gasteiger partial charge in [0, 0.05) is 54.9 Å². The molecule has 192 valence electrons. The third-order valence-corrected chi connectivity index (χ3v) is 8.20. The standard InChI is InChI=1S/C28H32ClN7O/c1-34-13-4-7-21(34)18-37-28-32-24-17-36(25-9-3-6-19-5-2-8-23(29)26(19)25)16-22(24)27(33-28)35-14-12-31-20(15-35)10-11-30/h2-3,5-6,8-9,20-21,31H,4,7,10,12-18H2,1H3/t20-,21-/m0/s1. The highest BCUT2D eigenvalue weighted by Crippen LogP contribution is 2.39. The van der Waals surface area contributed by atoms with Gasteiger partial charge in [-0.15, -0.1) is 0 Å². The number of likely N-dealkylation sites (N-methyl/N-ethyl adjacent to an activating group) is 1. The Kier molecular flexibility index (Phi) is 6.76. The largest absolute Gasteiger partial charge is 0.462 e. The lowest BCUT2D eigenvalue weighted by molar-refractivity contribution is 0.187. The van der Waals surface area contributed by atoms with Gasteiger partial charge in [-0.1, -0.05) is 35.9 Å². The van der Waals surface area contributed by atoms with Crippen molar-refractivity contribution in [3.05, 3.63) is 52.7 Å². The molecule has 1 N–H and O–H groups in total. The molecule has 0 spiro atoms. The topological polar surface area (TPSA) is 80.5 Å². The Hall–Kier alpha value is -3.12. The molecule has 4 heterocycles. The second-order valence-electron chi connectivity index (χ2n) is 10.3. The summed E-state index contributed by atoms with van der Waals surface area (Å²) in [6.07, 6.45) is 2.81. The minimum atomic E-state index is 0.121. The van der Waals surface area contributed by atoms with Crippen LogP contribution in [0.25, 0.3) is 10.8 Å². The lowest BCUT2D eigenvalue weighted by Crippen LogP contribution is -2.51. The molecular formula is C28H32ClN7O. The third-order valence-electron chi connectivity index (χ3n) is 7.88. The highest BCUT2D eigenvalue weighted by atomic mass is 35.5. The maximum absolute atomic E-state index is 9.26. The molecule has 0 bridgehead atoms. The van der Waals surface area contributed by atoms with E-state index in [2.05, 4.69) is 57.4 Å². The summed E-state index contributed by atoms with van der Waals surface area (Å²) in [4.78, 5) is 16.9. The molecule has 0 amide bonds. The Morgan fingerprint density at radius 3 is 2.81 bits per heavy atom. The van der Waals surface area contributed by atoms with Gasteiger partial charge in [0.15, 0.2) is 0 Å². The van der Waals surface area contributed by atoms with Crippen molar-refractivity contribution in [1.82, 2.24) is 20.2 Å². The lowest BCUT2D eigenvalue weighted by atomic mass is 10.1. The second kappa shape index (κ2) is 10.3. The Labute approximate surface area is 222 Å². The molecule has 3 aromatic rings. The number of piperazine rings is 1. The quantitative estimate of drug-likeness (QED) is 0.526. The fraction of sp³-hybridized carbons (Fsp3) is 0.464. The summed E-state index contributed by atoms with van der Waals surface area (Å²) in [5, 5.41) is 15.7. The van der Waals surface area contributed by atoms with E-state index in [0.717, 1.165) is 71.2 Å². The number of halogens is 1. The normalized spacial score (nSPS) is 21.9. The summed E-state index contributed by atoms with van der Waals surface area (Å²) >= 11 is 6.67. The molecule has 2 fully saturated rings. The fourth-order valence-electron chi connectivity index (χ4n) is 5.88. The number of nitrogens with zero attached hydrogens (tertiary/aromatic N) is 6. The fourth-order valence-corrected chi connectivity index (χ4v) is 6.16. The van der Waals surface area contributed by atoms with Crippen molar-refractivity contribution in [3.63, 3.8) is 0 Å². The summed E-state index contributed by atoms with van der Waals surface area (Å²) in [5.41, 5.74) is 3.23. The van der Waals surface area contributed by atoms with Gasteiger partial charge in [0.05, 0.1) is 29.8 Å². The number of fused-ring (bicyclic) bond motifs is 2. The van der Waals surface area contributed by atoms with Gasteiger partial charge in [0.25, 0.3) is 0 Å². The van der Waals surface area contributed by atoms with Gasteiger partial charge in [-0.3, -0.25) is 0 Å². The number of aromatic nitrogens is 2. The number of hydrogen-bond donors (Lipinski definition) is 1. The maximum Gasteiger partial charge on any atom is 0.318 e. The molecule has 3 aliphatic heterocycles. The van der Waals surface area contributed by atoms with E-state index in [-0.39, 0.29) is 6.04 Å². The summed E-state index contributed by atoms with van der Waals surface area (Å²) < 4.78 is 6.22. The number of ether oxygens (including phenoxy) is 1. The molecule has 37 heavy (non-hydrogen) atoms. The van der Waals surface area contributed by atoms with E-state index in [1.807, 2.05) is 12.1 Å². The van der Waals surface area contributed by atoms with Gasteiger partial charge in [0.2, 0.25) is 0 Å². The van der Waals surface area contributed by atoms with Gasteiger partial charge in [-0.2, -0.15) is 15.2 Å². The average Bonchev–Trinajstić information content (AvgIpc) is 3.53. The monoisotopic (exact) mass is 517 g/mol. The van der Waals surface area contributed by atoms with E-state index in [9.17, 15) is 5.26 Å². The van der Waals surface area contributed by atoms with E-state index in [1.54, 1.807) is 0 Å². The SMILES string of the molecule is CN1CCC[C@H]1COc1nc2c(c(N3CCN[C@@H](CC#N)C3)n1)CN(c1cccc3cccc(Cl)c13)C2. The smallest absolute Gasteiger partial charge is 0.318 e. The molecule has 2 saturated heterocycles. The molecule has 9 heteroatoms. The predicted octanol–water partition coefficient (Wildman–Crippen LogP) is 3.97. The minimum Gasteiger partial charge on any atom is -0.462 e. The number of nitrogens with one attached hydrogen (secondary N) is 1. The van der Waals surface area contributed by atoms with Crippen LogP contribution in [0, 0.1) is 11.3 Å². The van der Waals surface area contributed by atoms with Gasteiger partial charge >= 0.3 is 6.01 Å². The highest BCUT2D eigenvalue weighted by Gasteiger charge is 2.32. The molecule has 8 nitrogen and oxygen atoms in total. The molecule has 0 saturated carbocycles. The first kappa shape index (κ1) is 24.2. The Morgan fingerprint density at radius 2 is 2.00 bits per heavy atom. The lowest BCUT2D eigenvalue weighted by Gasteiger charge is -2.34. The van der Waals surface area contributed by atoms with Crippen molar-refractivity contribution < 1.29 is 4.74 Å². The number of anilines is 2. The van der Waals surface area contributed by atoms with Crippen molar-refractivity contribution in [3.8, 4) is 12.1 Å². The van der Waals surface area contributed by atoms with Crippen LogP contribution in [0.3, 0.4) is 0 Å². The molecule has 1 aromatic heterocycles. The first-order valence-electron chi connectivity index (χ1n) is 13.1. The number of hydrogen-bond acceptors (Lipinski definition) is 8. The van der Waals surface area contributed by atoms with E-state index in [0.29, 0.717) is 38.2 Å². The molecule has 0 aliphatic carbocycles. The van der Waals surface area contributed by atoms with Crippen molar-refractivity contribution in [2.45, 2.75) is 44.4 Å². The van der Waals surface area contributed by atoms with Gasteiger partial charge < -0.3 is 24.8 Å². The van der Waals surface area contributed by atoms with Crippen LogP contribution in [0.2, 0.25) is 5.02 Å². The van der Waals surface area contributed by atoms with Crippen molar-refractivity contribution in [2.75, 3.05) is 49.6 Å². The van der Waals surface area contributed by atoms with Crippen molar-refractivity contribution in [2.24, 2.45) is 0 Å². The van der Waals surface area contributed by atoms with Gasteiger partial charge in [0.1, 0.15) is 12.4 Å². The van der Waals surface area contributed by atoms with Crippen molar-refractivity contribution in [1.29, 1.82) is 5.26 Å². The number of benzene rings is 2. The predicted molar refractivity (Wildman–Crippen MR) is 146 cm³/mol. The van der Waals surface area contributed by atoms with E-state index in [4.69, 9.17) is 26.3 Å². The Bertz CT molecular complexity index is 1340. The molecule has 0 radical (unpaired) electrons. The van der Waals surface area contributed by atoms with Gasteiger partial charge in [-0.25, -0.2) is 0 Å². The van der Waals surface area contributed by atoms with E-state index >= 15 is 0 Å². The average molecular weight is 518 g/mol. The molecule has 0 unspecified atom stereocenters. The van der Waals surface area contributed by atoms with Crippen molar-refractivity contribution >= 4 is 33.9 Å². The summed E-state index contributed by atoms with van der Waals surface area (Å²) in [5.74, 6) is 0.929. The first-order valence-corrected chi connectivity index (χ1v) is 13.5. The van der Waals surface area contributed by atoms with Crippen LogP contribution >= 0.6 is 11.6 Å². The molecule has 2 atom stereocenters. The molecule has 3 aliphatic rings. The van der Waals surface area contributed by atoms with Gasteiger partial charge in [-0.05, 0) is 44.0 Å². The highest BCUT2D eigenvalue weighted by molar-refractivity contribution is 6.36. The number of nitriles is 1. The Morgan fingerprint density at radius 1 is 1.14 bits per heavy atom. The molecular weight excluding hydrogens is 486 g/mol. The summed E-state index contributed by atoms with van der Waals surface area (Å²) in [6.45, 7) is 5.45. The van der Waals surface area contributed by atoms with Crippen LogP contribution < -0.4 is 19.9 Å². The summed E-state index contributed by atoms with van der Waals surface area (Å²) in [6, 6.07) is 15.6. The van der Waals surface area contributed by atoms with Crippen LogP contribution in [0.5, 0.6) is 6.01 Å². The molecule has 6 rings (SSSR count).